The van der Waals surface area contributed by atoms with Crippen molar-refractivity contribution in [3.63, 3.8) is 0 Å². The van der Waals surface area contributed by atoms with E-state index in [2.05, 4.69) is 33.8 Å². The molecule has 0 aliphatic heterocycles. The summed E-state index contributed by atoms with van der Waals surface area (Å²) in [5.41, 5.74) is 3.68. The lowest BCUT2D eigenvalue weighted by Gasteiger charge is -2.18. The van der Waals surface area contributed by atoms with Gasteiger partial charge in [-0.05, 0) is 37.4 Å². The van der Waals surface area contributed by atoms with Crippen LogP contribution in [-0.4, -0.2) is 55.9 Å². The van der Waals surface area contributed by atoms with Crippen molar-refractivity contribution in [3.05, 3.63) is 53.9 Å². The van der Waals surface area contributed by atoms with Gasteiger partial charge in [0.1, 0.15) is 23.7 Å². The van der Waals surface area contributed by atoms with Gasteiger partial charge in [-0.15, -0.1) is 0 Å². The second kappa shape index (κ2) is 9.41. The first-order valence-corrected chi connectivity index (χ1v) is 10.7. The molecule has 4 rings (SSSR count). The molecule has 0 spiro atoms. The minimum Gasteiger partial charge on any atom is -0.475 e. The second-order valence-electron chi connectivity index (χ2n) is 7.19. The van der Waals surface area contributed by atoms with E-state index < -0.39 is 0 Å². The zero-order chi connectivity index (χ0) is 21.8. The van der Waals surface area contributed by atoms with E-state index in [-0.39, 0.29) is 0 Å². The van der Waals surface area contributed by atoms with Crippen molar-refractivity contribution in [3.8, 4) is 28.5 Å². The maximum atomic E-state index is 6.54. The summed E-state index contributed by atoms with van der Waals surface area (Å²) >= 11 is 6.54. The van der Waals surface area contributed by atoms with E-state index in [0.717, 1.165) is 41.8 Å². The average Bonchev–Trinajstić information content (AvgIpc) is 3.22. The summed E-state index contributed by atoms with van der Waals surface area (Å²) in [6, 6.07) is 9.67. The highest BCUT2D eigenvalue weighted by Gasteiger charge is 2.17. The number of likely N-dealkylation sites (N-methyl/N-ethyl adjacent to an activating group) is 1. The van der Waals surface area contributed by atoms with Gasteiger partial charge in [0.25, 0.3) is 0 Å². The predicted molar refractivity (Wildman–Crippen MR) is 123 cm³/mol. The molecule has 0 N–H and O–H groups in total. The summed E-state index contributed by atoms with van der Waals surface area (Å²) in [4.78, 5) is 16.1. The van der Waals surface area contributed by atoms with Gasteiger partial charge in [-0.2, -0.15) is 5.10 Å². The summed E-state index contributed by atoms with van der Waals surface area (Å²) in [5, 5.41) is 6.01. The molecule has 4 aromatic rings. The van der Waals surface area contributed by atoms with Crippen LogP contribution in [0.4, 0.5) is 0 Å². The van der Waals surface area contributed by atoms with E-state index in [0.29, 0.717) is 28.9 Å². The van der Waals surface area contributed by atoms with Crippen LogP contribution in [0.5, 0.6) is 5.88 Å². The third-order valence-corrected chi connectivity index (χ3v) is 5.48. The molecule has 3 aromatic heterocycles. The van der Waals surface area contributed by atoms with Gasteiger partial charge in [0.05, 0.1) is 16.7 Å². The minimum absolute atomic E-state index is 0.476. The van der Waals surface area contributed by atoms with E-state index in [1.165, 1.54) is 0 Å². The fourth-order valence-corrected chi connectivity index (χ4v) is 3.75. The fourth-order valence-electron chi connectivity index (χ4n) is 3.48. The van der Waals surface area contributed by atoms with E-state index in [1.807, 2.05) is 43.6 Å². The lowest BCUT2D eigenvalue weighted by atomic mass is 10.0. The van der Waals surface area contributed by atoms with Crippen molar-refractivity contribution in [2.75, 3.05) is 26.2 Å². The van der Waals surface area contributed by atoms with Crippen molar-refractivity contribution in [2.45, 2.75) is 13.8 Å². The number of nitrogens with zero attached hydrogens (tertiary/aromatic N) is 6. The summed E-state index contributed by atoms with van der Waals surface area (Å²) in [5.74, 6) is 0.476. The van der Waals surface area contributed by atoms with Crippen LogP contribution < -0.4 is 4.74 Å². The quantitative estimate of drug-likeness (QED) is 0.406. The van der Waals surface area contributed by atoms with Gasteiger partial charge in [0, 0.05) is 36.9 Å². The molecule has 1 aromatic carbocycles. The Morgan fingerprint density at radius 3 is 2.68 bits per heavy atom. The smallest absolute Gasteiger partial charge is 0.232 e. The topological polar surface area (TPSA) is 69.0 Å². The molecule has 0 amide bonds. The van der Waals surface area contributed by atoms with E-state index in [4.69, 9.17) is 21.3 Å². The average molecular weight is 437 g/mol. The van der Waals surface area contributed by atoms with Crippen LogP contribution in [0.2, 0.25) is 5.02 Å². The fraction of sp³-hybridized carbons (Fsp3) is 0.304. The zero-order valence-electron chi connectivity index (χ0n) is 17.9. The molecule has 0 aliphatic rings. The van der Waals surface area contributed by atoms with E-state index in [1.54, 1.807) is 17.1 Å². The van der Waals surface area contributed by atoms with E-state index in [9.17, 15) is 0 Å². The third-order valence-electron chi connectivity index (χ3n) is 5.19. The van der Waals surface area contributed by atoms with Crippen molar-refractivity contribution in [1.82, 2.24) is 29.6 Å². The molecule has 0 atom stereocenters. The lowest BCUT2D eigenvalue weighted by molar-refractivity contribution is 0.217. The Kier molecular flexibility index (Phi) is 6.44. The lowest BCUT2D eigenvalue weighted by Crippen LogP contribution is -2.28. The molecular formula is C23H25ClN6O. The number of fused-ring (bicyclic) bond motifs is 1. The number of halogens is 1. The molecule has 0 saturated carbocycles. The number of ether oxygens (including phenoxy) is 1. The monoisotopic (exact) mass is 436 g/mol. The van der Waals surface area contributed by atoms with Crippen LogP contribution >= 0.6 is 11.6 Å². The van der Waals surface area contributed by atoms with Gasteiger partial charge in [-0.1, -0.05) is 31.5 Å². The number of rotatable bonds is 8. The highest BCUT2D eigenvalue weighted by atomic mass is 35.5. The molecule has 0 bridgehead atoms. The van der Waals surface area contributed by atoms with E-state index >= 15 is 0 Å². The van der Waals surface area contributed by atoms with Gasteiger partial charge in [0.2, 0.25) is 5.88 Å². The van der Waals surface area contributed by atoms with Crippen LogP contribution in [0.3, 0.4) is 0 Å². The molecule has 0 unspecified atom stereocenters. The van der Waals surface area contributed by atoms with Crippen LogP contribution in [0.15, 0.2) is 48.9 Å². The Labute approximate surface area is 186 Å². The van der Waals surface area contributed by atoms with Gasteiger partial charge in [-0.25, -0.2) is 9.97 Å². The molecule has 0 fully saturated rings. The number of aromatic nitrogens is 5. The largest absolute Gasteiger partial charge is 0.475 e. The molecule has 7 nitrogen and oxygen atoms in total. The highest BCUT2D eigenvalue weighted by Crippen LogP contribution is 2.34. The minimum atomic E-state index is 0.476. The van der Waals surface area contributed by atoms with Crippen molar-refractivity contribution in [1.29, 1.82) is 0 Å². The predicted octanol–water partition coefficient (Wildman–Crippen LogP) is 4.47. The number of aryl methyl sites for hydroxylation is 1. The zero-order valence-corrected chi connectivity index (χ0v) is 18.7. The molecule has 8 heteroatoms. The molecule has 160 valence electrons. The summed E-state index contributed by atoms with van der Waals surface area (Å²) in [7, 11) is 1.87. The Balaban J connectivity index is 1.74. The van der Waals surface area contributed by atoms with Gasteiger partial charge in [0.15, 0.2) is 0 Å². The molecule has 0 aliphatic carbocycles. The van der Waals surface area contributed by atoms with Crippen LogP contribution in [0.1, 0.15) is 13.8 Å². The van der Waals surface area contributed by atoms with Crippen LogP contribution in [0, 0.1) is 0 Å². The van der Waals surface area contributed by atoms with Crippen molar-refractivity contribution >= 4 is 22.5 Å². The third kappa shape index (κ3) is 4.68. The van der Waals surface area contributed by atoms with Gasteiger partial charge in [-0.3, -0.25) is 9.67 Å². The maximum Gasteiger partial charge on any atom is 0.232 e. The molecule has 0 saturated heterocycles. The first kappa shape index (κ1) is 21.2. The molecule has 0 radical (unpaired) electrons. The SMILES string of the molecule is CCN(CC)CCOc1cnc(-c2ccn(C)n2)c(-c2cc(Cl)c3ncccc3c2)n1. The van der Waals surface area contributed by atoms with Gasteiger partial charge < -0.3 is 9.64 Å². The molecular weight excluding hydrogens is 412 g/mol. The maximum absolute atomic E-state index is 6.54. The molecule has 3 heterocycles. The number of hydrogen-bond acceptors (Lipinski definition) is 6. The first-order valence-electron chi connectivity index (χ1n) is 10.4. The summed E-state index contributed by atoms with van der Waals surface area (Å²) in [6.45, 7) is 7.63. The Hall–Kier alpha value is -3.03. The standard InChI is InChI=1S/C23H25ClN6O/c1-4-30(5-2)11-12-31-20-15-26-23(19-8-10-29(3)28-19)22(27-20)17-13-16-7-6-9-25-21(16)18(24)14-17/h6-10,13-15H,4-5,11-12H2,1-3H3. The molecule has 31 heavy (non-hydrogen) atoms. The Bertz CT molecular complexity index is 1190. The second-order valence-corrected chi connectivity index (χ2v) is 7.60. The Morgan fingerprint density at radius 1 is 1.10 bits per heavy atom. The normalized spacial score (nSPS) is 11.4. The van der Waals surface area contributed by atoms with Crippen molar-refractivity contribution in [2.24, 2.45) is 7.05 Å². The number of hydrogen-bond donors (Lipinski definition) is 0. The number of pyridine rings is 1. The Morgan fingerprint density at radius 2 is 1.94 bits per heavy atom. The summed E-state index contributed by atoms with van der Waals surface area (Å²) < 4.78 is 7.67. The van der Waals surface area contributed by atoms with Crippen molar-refractivity contribution < 1.29 is 4.74 Å². The number of benzene rings is 1. The first-order chi connectivity index (χ1) is 15.1. The highest BCUT2D eigenvalue weighted by molar-refractivity contribution is 6.35. The van der Waals surface area contributed by atoms with Crippen LogP contribution in [-0.2, 0) is 7.05 Å². The van der Waals surface area contributed by atoms with Gasteiger partial charge >= 0.3 is 0 Å². The van der Waals surface area contributed by atoms with Crippen LogP contribution in [0.25, 0.3) is 33.5 Å². The summed E-state index contributed by atoms with van der Waals surface area (Å²) in [6.07, 6.45) is 5.27.